The van der Waals surface area contributed by atoms with Crippen LogP contribution >= 0.6 is 0 Å². The molecule has 0 aromatic heterocycles. The van der Waals surface area contributed by atoms with E-state index in [0.29, 0.717) is 0 Å². The molecule has 1 unspecified atom stereocenters. The van der Waals surface area contributed by atoms with E-state index in [1.54, 1.807) is 20.8 Å². The molecule has 134 valence electrons. The Morgan fingerprint density at radius 3 is 2.22 bits per heavy atom. The van der Waals surface area contributed by atoms with E-state index >= 15 is 0 Å². The molecule has 1 rings (SSSR count). The molecule has 1 aliphatic carbocycles. The maximum absolute atomic E-state index is 11.8. The molecule has 0 aromatic rings. The Balaban J connectivity index is 2.80. The van der Waals surface area contributed by atoms with Crippen molar-refractivity contribution in [3.05, 3.63) is 0 Å². The lowest BCUT2D eigenvalue weighted by molar-refractivity contribution is -0.150. The Hall–Kier alpha value is -1.31. The highest BCUT2D eigenvalue weighted by atomic mass is 32.2. The van der Waals surface area contributed by atoms with E-state index in [1.165, 1.54) is 6.92 Å². The Kier molecular flexibility index (Phi) is 6.06. The molecule has 0 spiro atoms. The van der Waals surface area contributed by atoms with Gasteiger partial charge in [-0.2, -0.15) is 0 Å². The van der Waals surface area contributed by atoms with E-state index in [0.717, 1.165) is 12.8 Å². The second-order valence-corrected chi connectivity index (χ2v) is 9.55. The summed E-state index contributed by atoms with van der Waals surface area (Å²) < 4.78 is 28.6. The quantitative estimate of drug-likeness (QED) is 0.691. The average Bonchev–Trinajstić information content (AvgIpc) is 3.21. The first kappa shape index (κ1) is 19.7. The minimum Gasteiger partial charge on any atom is -0.481 e. The smallest absolute Gasteiger partial charge is 0.407 e. The highest BCUT2D eigenvalue weighted by Crippen LogP contribution is 2.48. The zero-order valence-corrected chi connectivity index (χ0v) is 15.0. The van der Waals surface area contributed by atoms with Crippen molar-refractivity contribution in [1.29, 1.82) is 0 Å². The minimum atomic E-state index is -3.27. The van der Waals surface area contributed by atoms with E-state index in [9.17, 15) is 23.1 Å². The molecule has 8 heteroatoms. The van der Waals surface area contributed by atoms with Crippen LogP contribution in [0.3, 0.4) is 0 Å². The van der Waals surface area contributed by atoms with Crippen molar-refractivity contribution in [3.8, 4) is 0 Å². The first-order valence-electron chi connectivity index (χ1n) is 7.82. The number of nitrogens with one attached hydrogen (secondary N) is 1. The lowest BCUT2D eigenvalue weighted by Gasteiger charge is -2.30. The van der Waals surface area contributed by atoms with Gasteiger partial charge in [0.15, 0.2) is 0 Å². The number of carbonyl (C=O) groups excluding carboxylic acids is 1. The molecule has 23 heavy (non-hydrogen) atoms. The van der Waals surface area contributed by atoms with Gasteiger partial charge < -0.3 is 15.2 Å². The van der Waals surface area contributed by atoms with Crippen LogP contribution in [0.15, 0.2) is 0 Å². The van der Waals surface area contributed by atoms with Gasteiger partial charge in [0.1, 0.15) is 15.4 Å². The molecule has 0 saturated heterocycles. The van der Waals surface area contributed by atoms with Crippen LogP contribution in [0, 0.1) is 11.3 Å². The molecule has 0 aromatic carbocycles. The van der Waals surface area contributed by atoms with Crippen molar-refractivity contribution in [2.45, 2.75) is 52.6 Å². The first-order chi connectivity index (χ1) is 10.4. The maximum atomic E-state index is 11.8. The van der Waals surface area contributed by atoms with Crippen molar-refractivity contribution in [2.75, 3.05) is 18.1 Å². The van der Waals surface area contributed by atoms with Crippen LogP contribution in [0.4, 0.5) is 4.79 Å². The second-order valence-electron chi connectivity index (χ2n) is 7.08. The van der Waals surface area contributed by atoms with Crippen LogP contribution in [-0.2, 0) is 19.4 Å². The number of carboxylic acids is 1. The fourth-order valence-electron chi connectivity index (χ4n) is 2.46. The fourth-order valence-corrected chi connectivity index (χ4v) is 3.42. The summed E-state index contributed by atoms with van der Waals surface area (Å²) in [6, 6.07) is 0. The maximum Gasteiger partial charge on any atom is 0.407 e. The van der Waals surface area contributed by atoms with Gasteiger partial charge in [0.25, 0.3) is 0 Å². The number of alkyl carbamates (subject to hydrolysis) is 1. The molecule has 0 bridgehead atoms. The van der Waals surface area contributed by atoms with E-state index in [-0.39, 0.29) is 30.4 Å². The zero-order chi connectivity index (χ0) is 17.9. The lowest BCUT2D eigenvalue weighted by atomic mass is 9.80. The summed E-state index contributed by atoms with van der Waals surface area (Å²) in [6.07, 6.45) is 0.768. The normalized spacial score (nSPS) is 18.1. The fraction of sp³-hybridized carbons (Fsp3) is 0.867. The van der Waals surface area contributed by atoms with Crippen LogP contribution in [0.5, 0.6) is 0 Å². The molecule has 1 amide bonds. The molecule has 1 saturated carbocycles. The summed E-state index contributed by atoms with van der Waals surface area (Å²) in [5, 5.41) is 12.2. The molecule has 1 aliphatic rings. The number of sulfone groups is 1. The monoisotopic (exact) mass is 349 g/mol. The second kappa shape index (κ2) is 7.07. The molecule has 0 radical (unpaired) electrons. The van der Waals surface area contributed by atoms with Crippen molar-refractivity contribution >= 4 is 21.9 Å². The van der Waals surface area contributed by atoms with Crippen LogP contribution < -0.4 is 5.32 Å². The predicted octanol–water partition coefficient (Wildman–Crippen LogP) is 1.82. The van der Waals surface area contributed by atoms with Gasteiger partial charge in [-0.25, -0.2) is 13.2 Å². The molecular formula is C15H27NO6S. The number of rotatable bonds is 8. The number of hydrogen-bond donors (Lipinski definition) is 2. The first-order valence-corrected chi connectivity index (χ1v) is 9.65. The third kappa shape index (κ3) is 6.01. The lowest BCUT2D eigenvalue weighted by Crippen LogP contribution is -2.47. The highest BCUT2D eigenvalue weighted by Gasteiger charge is 2.51. The molecule has 0 aliphatic heterocycles. The van der Waals surface area contributed by atoms with Gasteiger partial charge >= 0.3 is 12.1 Å². The molecule has 1 fully saturated rings. The van der Waals surface area contributed by atoms with Gasteiger partial charge in [0.05, 0.1) is 11.2 Å². The van der Waals surface area contributed by atoms with Crippen LogP contribution in [0.2, 0.25) is 0 Å². The van der Waals surface area contributed by atoms with Gasteiger partial charge in [-0.15, -0.1) is 0 Å². The third-order valence-electron chi connectivity index (χ3n) is 4.03. The molecule has 0 heterocycles. The van der Waals surface area contributed by atoms with Crippen molar-refractivity contribution in [3.63, 3.8) is 0 Å². The number of aliphatic carboxylic acids is 1. The van der Waals surface area contributed by atoms with Crippen molar-refractivity contribution in [1.82, 2.24) is 5.32 Å². The van der Waals surface area contributed by atoms with Crippen LogP contribution in [-0.4, -0.2) is 49.2 Å². The summed E-state index contributed by atoms with van der Waals surface area (Å²) in [7, 11) is -3.27. The average molecular weight is 349 g/mol. The highest BCUT2D eigenvalue weighted by molar-refractivity contribution is 7.91. The van der Waals surface area contributed by atoms with Gasteiger partial charge in [0, 0.05) is 12.3 Å². The Bertz CT molecular complexity index is 547. The Morgan fingerprint density at radius 2 is 1.83 bits per heavy atom. The van der Waals surface area contributed by atoms with Gasteiger partial charge in [-0.1, -0.05) is 6.92 Å². The molecule has 7 nitrogen and oxygen atoms in total. The number of hydrogen-bond acceptors (Lipinski definition) is 5. The number of carbonyl (C=O) groups is 2. The molecular weight excluding hydrogens is 322 g/mol. The number of amides is 1. The SMILES string of the molecule is CCS(=O)(=O)CCC(CNC(=O)OC(C)(C)C)(C(=O)O)C1CC1. The van der Waals surface area contributed by atoms with Gasteiger partial charge in [-0.05, 0) is 46.0 Å². The molecule has 2 N–H and O–H groups in total. The Morgan fingerprint density at radius 1 is 1.26 bits per heavy atom. The minimum absolute atomic E-state index is 0.00102. The summed E-state index contributed by atoms with van der Waals surface area (Å²) in [4.78, 5) is 23.6. The van der Waals surface area contributed by atoms with Gasteiger partial charge in [-0.3, -0.25) is 4.79 Å². The summed E-state index contributed by atoms with van der Waals surface area (Å²) in [5.74, 6) is -1.39. The summed E-state index contributed by atoms with van der Waals surface area (Å²) >= 11 is 0. The van der Waals surface area contributed by atoms with Crippen molar-refractivity contribution < 1.29 is 27.9 Å². The van der Waals surface area contributed by atoms with E-state index in [2.05, 4.69) is 5.32 Å². The number of carboxylic acid groups (broad SMARTS) is 1. The largest absolute Gasteiger partial charge is 0.481 e. The summed E-state index contributed by atoms with van der Waals surface area (Å²) in [5.41, 5.74) is -1.93. The van der Waals surface area contributed by atoms with Crippen LogP contribution in [0.1, 0.15) is 47.0 Å². The topological polar surface area (TPSA) is 110 Å². The standard InChI is InChI=1S/C15H27NO6S/c1-5-23(20,21)9-8-15(12(17)18,11-6-7-11)10-16-13(19)22-14(2,3)4/h11H,5-10H2,1-4H3,(H,16,19)(H,17,18). The summed E-state index contributed by atoms with van der Waals surface area (Å²) in [6.45, 7) is 6.55. The number of ether oxygens (including phenoxy) is 1. The third-order valence-corrected chi connectivity index (χ3v) is 5.74. The molecule has 1 atom stereocenters. The van der Waals surface area contributed by atoms with E-state index in [4.69, 9.17) is 4.74 Å². The van der Waals surface area contributed by atoms with Crippen LogP contribution in [0.25, 0.3) is 0 Å². The van der Waals surface area contributed by atoms with Gasteiger partial charge in [0.2, 0.25) is 0 Å². The van der Waals surface area contributed by atoms with E-state index in [1.807, 2.05) is 0 Å². The Labute approximate surface area is 137 Å². The van der Waals surface area contributed by atoms with E-state index < -0.39 is 32.9 Å². The van der Waals surface area contributed by atoms with Crippen molar-refractivity contribution in [2.24, 2.45) is 11.3 Å². The predicted molar refractivity (Wildman–Crippen MR) is 86.0 cm³/mol. The zero-order valence-electron chi connectivity index (χ0n) is 14.2.